The Balaban J connectivity index is 2.20. The molecule has 0 heterocycles. The van der Waals surface area contributed by atoms with E-state index < -0.39 is 10.0 Å². The third-order valence-corrected chi connectivity index (χ3v) is 5.31. The summed E-state index contributed by atoms with van der Waals surface area (Å²) in [6, 6.07) is 16.7. The van der Waals surface area contributed by atoms with E-state index in [1.807, 2.05) is 49.4 Å². The molecular formula is C20H26N2O3S. The number of hydrogen-bond donors (Lipinski definition) is 1. The first-order chi connectivity index (χ1) is 12.3. The second-order valence-electron chi connectivity index (χ2n) is 6.38. The van der Waals surface area contributed by atoms with Crippen LogP contribution >= 0.6 is 0 Å². The molecule has 2 aromatic carbocycles. The molecule has 0 saturated carbocycles. The van der Waals surface area contributed by atoms with Gasteiger partial charge in [-0.25, -0.2) is 8.42 Å². The highest BCUT2D eigenvalue weighted by atomic mass is 32.2. The molecule has 140 valence electrons. The Labute approximate surface area is 156 Å². The highest BCUT2D eigenvalue weighted by molar-refractivity contribution is 7.92. The van der Waals surface area contributed by atoms with Crippen LogP contribution in [0.3, 0.4) is 0 Å². The van der Waals surface area contributed by atoms with Gasteiger partial charge in [-0.2, -0.15) is 0 Å². The molecule has 0 unspecified atom stereocenters. The molecule has 0 aromatic heterocycles. The first kappa shape index (κ1) is 20.0. The summed E-state index contributed by atoms with van der Waals surface area (Å²) in [7, 11) is -3.58. The van der Waals surface area contributed by atoms with Crippen LogP contribution < -0.4 is 9.62 Å². The van der Waals surface area contributed by atoms with Crippen LogP contribution in [0, 0.1) is 6.92 Å². The molecule has 0 aliphatic heterocycles. The van der Waals surface area contributed by atoms with E-state index in [2.05, 4.69) is 12.2 Å². The van der Waals surface area contributed by atoms with Crippen LogP contribution in [0.25, 0.3) is 0 Å². The first-order valence-electron chi connectivity index (χ1n) is 8.70. The summed E-state index contributed by atoms with van der Waals surface area (Å²) in [5, 5.41) is 2.98. The molecule has 1 atom stereocenters. The predicted molar refractivity (Wildman–Crippen MR) is 106 cm³/mol. The van der Waals surface area contributed by atoms with E-state index in [0.717, 1.165) is 34.5 Å². The lowest BCUT2D eigenvalue weighted by Gasteiger charge is -2.25. The molecule has 0 saturated heterocycles. The summed E-state index contributed by atoms with van der Waals surface area (Å²) in [5.41, 5.74) is 2.35. The predicted octanol–water partition coefficient (Wildman–Crippen LogP) is 3.42. The van der Waals surface area contributed by atoms with E-state index in [1.165, 1.54) is 0 Å². The molecule has 0 radical (unpaired) electrons. The Kier molecular flexibility index (Phi) is 6.80. The summed E-state index contributed by atoms with van der Waals surface area (Å²) in [6.07, 6.45) is 2.82. The van der Waals surface area contributed by atoms with Crippen molar-refractivity contribution in [1.29, 1.82) is 0 Å². The van der Waals surface area contributed by atoms with Crippen LogP contribution in [0.5, 0.6) is 0 Å². The SMILES string of the molecule is CCC[C@@H](NC(=O)CN(c1ccccc1C)S(C)(=O)=O)c1ccccc1. The van der Waals surface area contributed by atoms with E-state index in [4.69, 9.17) is 0 Å². The summed E-state index contributed by atoms with van der Waals surface area (Å²) in [5.74, 6) is -0.319. The second kappa shape index (κ2) is 8.85. The molecule has 6 heteroatoms. The van der Waals surface area contributed by atoms with Gasteiger partial charge in [0.05, 0.1) is 18.0 Å². The molecule has 1 amide bonds. The van der Waals surface area contributed by atoms with Gasteiger partial charge in [-0.1, -0.05) is 61.9 Å². The standard InChI is InChI=1S/C20H26N2O3S/c1-4-10-18(17-12-6-5-7-13-17)21-20(23)15-22(26(3,24)25)19-14-9-8-11-16(19)2/h5-9,11-14,18H,4,10,15H2,1-3H3,(H,21,23)/t18-/m1/s1. The van der Waals surface area contributed by atoms with E-state index in [1.54, 1.807) is 12.1 Å². The number of rotatable bonds is 8. The van der Waals surface area contributed by atoms with Gasteiger partial charge in [0, 0.05) is 0 Å². The number of para-hydroxylation sites is 1. The third kappa shape index (κ3) is 5.33. The third-order valence-electron chi connectivity index (χ3n) is 4.19. The number of amides is 1. The van der Waals surface area contributed by atoms with Crippen molar-refractivity contribution in [3.63, 3.8) is 0 Å². The minimum Gasteiger partial charge on any atom is -0.348 e. The molecular weight excluding hydrogens is 348 g/mol. The van der Waals surface area contributed by atoms with Crippen LogP contribution in [0.4, 0.5) is 5.69 Å². The molecule has 1 N–H and O–H groups in total. The quantitative estimate of drug-likeness (QED) is 0.770. The van der Waals surface area contributed by atoms with Crippen molar-refractivity contribution in [2.45, 2.75) is 32.7 Å². The van der Waals surface area contributed by atoms with Crippen molar-refractivity contribution < 1.29 is 13.2 Å². The monoisotopic (exact) mass is 374 g/mol. The molecule has 2 rings (SSSR count). The minimum atomic E-state index is -3.58. The minimum absolute atomic E-state index is 0.132. The summed E-state index contributed by atoms with van der Waals surface area (Å²) < 4.78 is 25.7. The number of hydrogen-bond acceptors (Lipinski definition) is 3. The molecule has 0 aliphatic rings. The lowest BCUT2D eigenvalue weighted by atomic mass is 10.0. The molecule has 0 bridgehead atoms. The molecule has 0 aliphatic carbocycles. The van der Waals surface area contributed by atoms with Crippen LogP contribution in [-0.2, 0) is 14.8 Å². The molecule has 0 spiro atoms. The average Bonchev–Trinajstić information content (AvgIpc) is 2.60. The summed E-state index contributed by atoms with van der Waals surface area (Å²) in [4.78, 5) is 12.6. The summed E-state index contributed by atoms with van der Waals surface area (Å²) >= 11 is 0. The fourth-order valence-electron chi connectivity index (χ4n) is 2.89. The van der Waals surface area contributed by atoms with Crippen LogP contribution in [0.1, 0.15) is 36.9 Å². The van der Waals surface area contributed by atoms with Gasteiger partial charge in [-0.15, -0.1) is 0 Å². The topological polar surface area (TPSA) is 66.5 Å². The van der Waals surface area contributed by atoms with Gasteiger partial charge in [-0.3, -0.25) is 9.10 Å². The van der Waals surface area contributed by atoms with Gasteiger partial charge in [0.15, 0.2) is 0 Å². The Morgan fingerprint density at radius 2 is 1.69 bits per heavy atom. The normalized spacial score (nSPS) is 12.4. The van der Waals surface area contributed by atoms with Crippen LogP contribution in [0.15, 0.2) is 54.6 Å². The smallest absolute Gasteiger partial charge is 0.241 e. The number of carbonyl (C=O) groups is 1. The number of carbonyl (C=O) groups excluding carboxylic acids is 1. The zero-order valence-corrected chi connectivity index (χ0v) is 16.3. The van der Waals surface area contributed by atoms with Gasteiger partial charge in [0.1, 0.15) is 6.54 Å². The Morgan fingerprint density at radius 1 is 1.08 bits per heavy atom. The zero-order valence-electron chi connectivity index (χ0n) is 15.5. The van der Waals surface area contributed by atoms with Crippen molar-refractivity contribution in [3.05, 3.63) is 65.7 Å². The van der Waals surface area contributed by atoms with Crippen molar-refractivity contribution in [1.82, 2.24) is 5.32 Å². The van der Waals surface area contributed by atoms with Gasteiger partial charge < -0.3 is 5.32 Å². The average molecular weight is 375 g/mol. The summed E-state index contributed by atoms with van der Waals surface area (Å²) in [6.45, 7) is 3.64. The first-order valence-corrected chi connectivity index (χ1v) is 10.6. The maximum atomic E-state index is 12.6. The largest absolute Gasteiger partial charge is 0.348 e. The number of nitrogens with zero attached hydrogens (tertiary/aromatic N) is 1. The number of sulfonamides is 1. The number of aryl methyl sites for hydroxylation is 1. The molecule has 26 heavy (non-hydrogen) atoms. The van der Waals surface area contributed by atoms with E-state index in [9.17, 15) is 13.2 Å². The fourth-order valence-corrected chi connectivity index (χ4v) is 3.80. The van der Waals surface area contributed by atoms with Crippen molar-refractivity contribution in [2.24, 2.45) is 0 Å². The fraction of sp³-hybridized carbons (Fsp3) is 0.350. The second-order valence-corrected chi connectivity index (χ2v) is 8.28. The van der Waals surface area contributed by atoms with Gasteiger partial charge >= 0.3 is 0 Å². The molecule has 0 fully saturated rings. The Morgan fingerprint density at radius 3 is 2.27 bits per heavy atom. The maximum absolute atomic E-state index is 12.6. The zero-order chi connectivity index (χ0) is 19.2. The number of anilines is 1. The highest BCUT2D eigenvalue weighted by Crippen LogP contribution is 2.22. The Hall–Kier alpha value is -2.34. The lowest BCUT2D eigenvalue weighted by Crippen LogP contribution is -2.41. The van der Waals surface area contributed by atoms with Gasteiger partial charge in [-0.05, 0) is 30.5 Å². The van der Waals surface area contributed by atoms with Crippen LogP contribution in [0.2, 0.25) is 0 Å². The highest BCUT2D eigenvalue weighted by Gasteiger charge is 2.23. The Bertz CT molecular complexity index is 835. The lowest BCUT2D eigenvalue weighted by molar-refractivity contribution is -0.120. The van der Waals surface area contributed by atoms with Crippen molar-refractivity contribution in [3.8, 4) is 0 Å². The molecule has 2 aromatic rings. The van der Waals surface area contributed by atoms with Gasteiger partial charge in [0.2, 0.25) is 15.9 Å². The number of nitrogens with one attached hydrogen (secondary N) is 1. The van der Waals surface area contributed by atoms with Crippen LogP contribution in [-0.4, -0.2) is 27.1 Å². The number of benzene rings is 2. The van der Waals surface area contributed by atoms with E-state index in [-0.39, 0.29) is 18.5 Å². The van der Waals surface area contributed by atoms with Crippen molar-refractivity contribution >= 4 is 21.6 Å². The molecule has 5 nitrogen and oxygen atoms in total. The van der Waals surface area contributed by atoms with Gasteiger partial charge in [0.25, 0.3) is 0 Å². The van der Waals surface area contributed by atoms with E-state index >= 15 is 0 Å². The maximum Gasteiger partial charge on any atom is 0.241 e. The van der Waals surface area contributed by atoms with E-state index in [0.29, 0.717) is 5.69 Å². The van der Waals surface area contributed by atoms with Crippen molar-refractivity contribution in [2.75, 3.05) is 17.1 Å².